The van der Waals surface area contributed by atoms with Gasteiger partial charge in [0, 0.05) is 27.2 Å². The Bertz CT molecular complexity index is 688. The monoisotopic (exact) mass is 441 g/mol. The fourth-order valence-electron chi connectivity index (χ4n) is 2.84. The van der Waals surface area contributed by atoms with E-state index in [1.54, 1.807) is 11.3 Å². The molecule has 4 nitrogen and oxygen atoms in total. The molecule has 2 heterocycles. The molecule has 1 unspecified atom stereocenters. The van der Waals surface area contributed by atoms with Crippen LogP contribution >= 0.6 is 33.9 Å². The van der Waals surface area contributed by atoms with Crippen molar-refractivity contribution in [3.8, 4) is 0 Å². The van der Waals surface area contributed by atoms with Crippen molar-refractivity contribution >= 4 is 45.0 Å². The first-order valence-corrected chi connectivity index (χ1v) is 9.77. The van der Waals surface area contributed by atoms with Gasteiger partial charge in [0.2, 0.25) is 0 Å². The molecule has 0 bridgehead atoms. The topological polar surface area (TPSA) is 45.2 Å². The van der Waals surface area contributed by atoms with Crippen LogP contribution in [-0.2, 0) is 6.54 Å². The number of nitrogens with zero attached hydrogens (tertiary/aromatic N) is 2. The number of benzene rings is 1. The van der Waals surface area contributed by atoms with Crippen LogP contribution in [0.15, 0.2) is 30.5 Å². The highest BCUT2D eigenvalue weighted by Crippen LogP contribution is 2.24. The lowest BCUT2D eigenvalue weighted by atomic mass is 10.0. The largest absolute Gasteiger partial charge is 0.298 e. The molecule has 0 radical (unpaired) electrons. The van der Waals surface area contributed by atoms with E-state index >= 15 is 0 Å². The number of hydrogen-bond acceptors (Lipinski definition) is 4. The first-order chi connectivity index (χ1) is 11.1. The Balaban J connectivity index is 1.63. The van der Waals surface area contributed by atoms with E-state index in [2.05, 4.69) is 44.7 Å². The number of piperidine rings is 1. The van der Waals surface area contributed by atoms with Gasteiger partial charge in [-0.1, -0.05) is 18.6 Å². The molecule has 1 saturated heterocycles. The smallest absolute Gasteiger partial charge is 0.258 e. The highest BCUT2D eigenvalue weighted by Gasteiger charge is 2.19. The molecular weight excluding hydrogens is 421 g/mol. The van der Waals surface area contributed by atoms with Crippen LogP contribution in [0, 0.1) is 3.57 Å². The first kappa shape index (κ1) is 16.9. The SMILES string of the molecule is CC1CCCCN1Cc1cnc(NC(=O)c2ccccc2I)s1. The van der Waals surface area contributed by atoms with Crippen molar-refractivity contribution < 1.29 is 4.79 Å². The second-order valence-corrected chi connectivity index (χ2v) is 8.16. The predicted octanol–water partition coefficient (Wildman–Crippen LogP) is 4.37. The number of anilines is 1. The Morgan fingerprint density at radius 3 is 3.04 bits per heavy atom. The van der Waals surface area contributed by atoms with Crippen molar-refractivity contribution in [3.05, 3.63) is 44.5 Å². The molecule has 122 valence electrons. The van der Waals surface area contributed by atoms with Crippen molar-refractivity contribution in [1.29, 1.82) is 0 Å². The van der Waals surface area contributed by atoms with Crippen LogP contribution in [0.4, 0.5) is 5.13 Å². The van der Waals surface area contributed by atoms with Crippen LogP contribution in [0.5, 0.6) is 0 Å². The normalized spacial score (nSPS) is 18.8. The molecule has 0 saturated carbocycles. The molecule has 1 amide bonds. The van der Waals surface area contributed by atoms with Crippen LogP contribution in [0.25, 0.3) is 0 Å². The fraction of sp³-hybridized carbons (Fsp3) is 0.412. The Morgan fingerprint density at radius 2 is 2.26 bits per heavy atom. The molecule has 6 heteroatoms. The zero-order chi connectivity index (χ0) is 16.2. The van der Waals surface area contributed by atoms with Crippen LogP contribution in [0.2, 0.25) is 0 Å². The lowest BCUT2D eigenvalue weighted by Gasteiger charge is -2.32. The van der Waals surface area contributed by atoms with Gasteiger partial charge < -0.3 is 0 Å². The van der Waals surface area contributed by atoms with E-state index in [0.717, 1.165) is 16.7 Å². The number of aromatic nitrogens is 1. The van der Waals surface area contributed by atoms with Gasteiger partial charge >= 0.3 is 0 Å². The molecule has 1 N–H and O–H groups in total. The van der Waals surface area contributed by atoms with E-state index in [9.17, 15) is 4.79 Å². The Kier molecular flexibility index (Phi) is 5.66. The molecular formula is C17H20IN3OS. The van der Waals surface area contributed by atoms with E-state index in [-0.39, 0.29) is 5.91 Å². The number of halogens is 1. The third-order valence-electron chi connectivity index (χ3n) is 4.19. The maximum absolute atomic E-state index is 12.3. The summed E-state index contributed by atoms with van der Waals surface area (Å²) >= 11 is 3.75. The standard InChI is InChI=1S/C17H20IN3OS/c1-12-6-4-5-9-21(12)11-13-10-19-17(23-13)20-16(22)14-7-2-3-8-15(14)18/h2-3,7-8,10,12H,4-6,9,11H2,1H3,(H,19,20,22). The maximum Gasteiger partial charge on any atom is 0.258 e. The summed E-state index contributed by atoms with van der Waals surface area (Å²) in [5, 5.41) is 3.59. The maximum atomic E-state index is 12.3. The molecule has 3 rings (SSSR count). The summed E-state index contributed by atoms with van der Waals surface area (Å²) < 4.78 is 0.946. The molecule has 1 fully saturated rings. The summed E-state index contributed by atoms with van der Waals surface area (Å²) in [7, 11) is 0. The molecule has 23 heavy (non-hydrogen) atoms. The second-order valence-electron chi connectivity index (χ2n) is 5.88. The molecule has 1 aliphatic rings. The number of rotatable bonds is 4. The van der Waals surface area contributed by atoms with Crippen molar-refractivity contribution in [2.45, 2.75) is 38.8 Å². The summed E-state index contributed by atoms with van der Waals surface area (Å²) in [4.78, 5) is 20.4. The van der Waals surface area contributed by atoms with Gasteiger partial charge in [0.15, 0.2) is 5.13 Å². The highest BCUT2D eigenvalue weighted by molar-refractivity contribution is 14.1. The van der Waals surface area contributed by atoms with Crippen molar-refractivity contribution in [3.63, 3.8) is 0 Å². The van der Waals surface area contributed by atoms with E-state index < -0.39 is 0 Å². The Hall–Kier alpha value is -0.990. The van der Waals surface area contributed by atoms with E-state index in [4.69, 9.17) is 0 Å². The van der Waals surface area contributed by atoms with Gasteiger partial charge in [0.1, 0.15) is 0 Å². The van der Waals surface area contributed by atoms with Crippen molar-refractivity contribution in [2.24, 2.45) is 0 Å². The van der Waals surface area contributed by atoms with Gasteiger partial charge in [0.25, 0.3) is 5.91 Å². The minimum atomic E-state index is -0.0951. The summed E-state index contributed by atoms with van der Waals surface area (Å²) in [5.41, 5.74) is 0.689. The molecule has 1 atom stereocenters. The minimum absolute atomic E-state index is 0.0951. The van der Waals surface area contributed by atoms with Crippen LogP contribution in [-0.4, -0.2) is 28.4 Å². The highest BCUT2D eigenvalue weighted by atomic mass is 127. The van der Waals surface area contributed by atoms with Gasteiger partial charge in [-0.3, -0.25) is 15.0 Å². The predicted molar refractivity (Wildman–Crippen MR) is 103 cm³/mol. The summed E-state index contributed by atoms with van der Waals surface area (Å²) in [5.74, 6) is -0.0951. The zero-order valence-electron chi connectivity index (χ0n) is 13.1. The Morgan fingerprint density at radius 1 is 1.43 bits per heavy atom. The number of thiazole rings is 1. The number of likely N-dealkylation sites (tertiary alicyclic amines) is 1. The lowest BCUT2D eigenvalue weighted by Crippen LogP contribution is -2.36. The van der Waals surface area contributed by atoms with Gasteiger partial charge in [-0.25, -0.2) is 4.98 Å². The quantitative estimate of drug-likeness (QED) is 0.717. The molecule has 1 aromatic heterocycles. The third-order valence-corrected chi connectivity index (χ3v) is 6.03. The van der Waals surface area contributed by atoms with Crippen LogP contribution in [0.1, 0.15) is 41.4 Å². The van der Waals surface area contributed by atoms with Crippen molar-refractivity contribution in [1.82, 2.24) is 9.88 Å². The van der Waals surface area contributed by atoms with Gasteiger partial charge in [0.05, 0.1) is 5.56 Å². The molecule has 2 aromatic rings. The molecule has 0 spiro atoms. The molecule has 1 aromatic carbocycles. The minimum Gasteiger partial charge on any atom is -0.298 e. The third kappa shape index (κ3) is 4.30. The van der Waals surface area contributed by atoms with Gasteiger partial charge in [-0.2, -0.15) is 0 Å². The zero-order valence-corrected chi connectivity index (χ0v) is 16.1. The van der Waals surface area contributed by atoms with Gasteiger partial charge in [-0.15, -0.1) is 11.3 Å². The second kappa shape index (κ2) is 7.72. The number of nitrogens with one attached hydrogen (secondary N) is 1. The van der Waals surface area contributed by atoms with E-state index in [1.807, 2.05) is 30.5 Å². The van der Waals surface area contributed by atoms with Crippen molar-refractivity contribution in [2.75, 3.05) is 11.9 Å². The summed E-state index contributed by atoms with van der Waals surface area (Å²) in [6.07, 6.45) is 5.77. The first-order valence-electron chi connectivity index (χ1n) is 7.88. The lowest BCUT2D eigenvalue weighted by molar-refractivity contribution is 0.102. The number of amides is 1. The van der Waals surface area contributed by atoms with Gasteiger partial charge in [-0.05, 0) is 61.0 Å². The van der Waals surface area contributed by atoms with Crippen LogP contribution < -0.4 is 5.32 Å². The molecule has 1 aliphatic heterocycles. The number of hydrogen-bond donors (Lipinski definition) is 1. The molecule has 0 aliphatic carbocycles. The number of carbonyl (C=O) groups is 1. The van der Waals surface area contributed by atoms with E-state index in [1.165, 1.54) is 24.1 Å². The van der Waals surface area contributed by atoms with E-state index in [0.29, 0.717) is 16.7 Å². The summed E-state index contributed by atoms with van der Waals surface area (Å²) in [6.45, 7) is 4.38. The average Bonchev–Trinajstić information content (AvgIpc) is 2.97. The Labute approximate surface area is 154 Å². The average molecular weight is 441 g/mol. The number of carbonyl (C=O) groups excluding carboxylic acids is 1. The summed E-state index contributed by atoms with van der Waals surface area (Å²) in [6, 6.07) is 8.21. The fourth-order valence-corrected chi connectivity index (χ4v) is 4.31. The van der Waals surface area contributed by atoms with Crippen LogP contribution in [0.3, 0.4) is 0 Å².